The second-order valence-corrected chi connectivity index (χ2v) is 7.75. The Kier molecular flexibility index (Phi) is 4.53. The number of aromatic nitrogens is 3. The van der Waals surface area contributed by atoms with Gasteiger partial charge in [0.05, 0.1) is 11.5 Å². The number of hydrogen-bond acceptors (Lipinski definition) is 6. The highest BCUT2D eigenvalue weighted by Gasteiger charge is 2.12. The van der Waals surface area contributed by atoms with Crippen LogP contribution in [0.1, 0.15) is 10.6 Å². The number of nitro benzene ring substituents is 1. The fraction of sp³-hybridized carbons (Fsp3) is 0.0455. The molecule has 0 fully saturated rings. The number of rotatable bonds is 5. The van der Waals surface area contributed by atoms with Crippen LogP contribution in [0.15, 0.2) is 77.8 Å². The van der Waals surface area contributed by atoms with Crippen molar-refractivity contribution in [2.24, 2.45) is 4.99 Å². The van der Waals surface area contributed by atoms with Gasteiger partial charge in [-0.3, -0.25) is 10.1 Å². The van der Waals surface area contributed by atoms with Gasteiger partial charge in [0, 0.05) is 40.2 Å². The van der Waals surface area contributed by atoms with Crippen LogP contribution in [-0.2, 0) is 6.54 Å². The molecule has 0 atom stereocenters. The van der Waals surface area contributed by atoms with Crippen LogP contribution in [0.25, 0.3) is 21.8 Å². The molecule has 0 bridgehead atoms. The Morgan fingerprint density at radius 1 is 0.967 bits per heavy atom. The first-order valence-electron chi connectivity index (χ1n) is 9.26. The maximum absolute atomic E-state index is 10.9. The number of benzene rings is 3. The largest absolute Gasteiger partial charge is 0.333 e. The normalized spacial score (nSPS) is 11.6. The van der Waals surface area contributed by atoms with E-state index in [1.807, 2.05) is 24.3 Å². The second kappa shape index (κ2) is 7.49. The van der Waals surface area contributed by atoms with Gasteiger partial charge < -0.3 is 4.57 Å². The Labute approximate surface area is 175 Å². The molecule has 2 aromatic heterocycles. The van der Waals surface area contributed by atoms with Crippen molar-refractivity contribution in [2.75, 3.05) is 0 Å². The van der Waals surface area contributed by atoms with Crippen molar-refractivity contribution in [1.82, 2.24) is 14.8 Å². The SMILES string of the molecule is O=[N+]([O-])c1cccc(/C=N/c2nnc(Cn3c4ccccc4c4ccccc43)s2)c1. The van der Waals surface area contributed by atoms with E-state index in [1.54, 1.807) is 18.3 Å². The Morgan fingerprint density at radius 3 is 2.37 bits per heavy atom. The van der Waals surface area contributed by atoms with Gasteiger partial charge >= 0.3 is 0 Å². The van der Waals surface area contributed by atoms with Gasteiger partial charge in [-0.1, -0.05) is 59.9 Å². The van der Waals surface area contributed by atoms with Gasteiger partial charge in [0.2, 0.25) is 5.13 Å². The number of hydrogen-bond donors (Lipinski definition) is 0. The number of fused-ring (bicyclic) bond motifs is 3. The molecule has 0 saturated heterocycles. The Bertz CT molecular complexity index is 1370. The number of nitrogens with zero attached hydrogens (tertiary/aromatic N) is 5. The van der Waals surface area contributed by atoms with Gasteiger partial charge in [0.25, 0.3) is 5.69 Å². The predicted molar refractivity (Wildman–Crippen MR) is 119 cm³/mol. The van der Waals surface area contributed by atoms with Gasteiger partial charge in [-0.15, -0.1) is 10.2 Å². The second-order valence-electron chi connectivity index (χ2n) is 6.71. The summed E-state index contributed by atoms with van der Waals surface area (Å²) in [4.78, 5) is 14.8. The first-order valence-corrected chi connectivity index (χ1v) is 10.1. The summed E-state index contributed by atoms with van der Waals surface area (Å²) in [5.74, 6) is 0. The number of nitro groups is 1. The molecule has 2 heterocycles. The highest BCUT2D eigenvalue weighted by Crippen LogP contribution is 2.30. The fourth-order valence-corrected chi connectivity index (χ4v) is 4.19. The molecule has 0 N–H and O–H groups in total. The van der Waals surface area contributed by atoms with E-state index < -0.39 is 4.92 Å². The van der Waals surface area contributed by atoms with Crippen LogP contribution in [0.4, 0.5) is 10.8 Å². The molecule has 0 amide bonds. The van der Waals surface area contributed by atoms with Gasteiger partial charge in [-0.25, -0.2) is 4.99 Å². The third kappa shape index (κ3) is 3.33. The lowest BCUT2D eigenvalue weighted by atomic mass is 10.2. The van der Waals surface area contributed by atoms with E-state index in [2.05, 4.69) is 44.0 Å². The van der Waals surface area contributed by atoms with Crippen LogP contribution in [0.5, 0.6) is 0 Å². The summed E-state index contributed by atoms with van der Waals surface area (Å²) in [6.07, 6.45) is 1.57. The molecular formula is C22H15N5O2S. The topological polar surface area (TPSA) is 86.2 Å². The average Bonchev–Trinajstić information content (AvgIpc) is 3.36. The molecule has 3 aromatic carbocycles. The zero-order valence-electron chi connectivity index (χ0n) is 15.7. The molecule has 5 aromatic rings. The highest BCUT2D eigenvalue weighted by atomic mass is 32.1. The quantitative estimate of drug-likeness (QED) is 0.221. The molecule has 0 aliphatic heterocycles. The average molecular weight is 413 g/mol. The van der Waals surface area contributed by atoms with Crippen LogP contribution in [0.3, 0.4) is 0 Å². The molecule has 8 heteroatoms. The minimum absolute atomic E-state index is 0.0308. The van der Waals surface area contributed by atoms with Crippen molar-refractivity contribution in [3.63, 3.8) is 0 Å². The first-order chi connectivity index (χ1) is 14.7. The van der Waals surface area contributed by atoms with E-state index in [4.69, 9.17) is 0 Å². The molecule has 146 valence electrons. The summed E-state index contributed by atoms with van der Waals surface area (Å²) in [6.45, 7) is 0.595. The third-order valence-corrected chi connectivity index (χ3v) is 5.65. The molecule has 0 saturated carbocycles. The van der Waals surface area contributed by atoms with Gasteiger partial charge in [-0.2, -0.15) is 0 Å². The molecule has 0 aliphatic carbocycles. The molecule has 0 radical (unpaired) electrons. The lowest BCUT2D eigenvalue weighted by Gasteiger charge is -2.04. The van der Waals surface area contributed by atoms with E-state index in [0.717, 1.165) is 16.0 Å². The molecule has 5 rings (SSSR count). The van der Waals surface area contributed by atoms with Gasteiger partial charge in [-0.05, 0) is 17.7 Å². The summed E-state index contributed by atoms with van der Waals surface area (Å²) < 4.78 is 2.24. The summed E-state index contributed by atoms with van der Waals surface area (Å²) in [5.41, 5.74) is 2.97. The fourth-order valence-electron chi connectivity index (χ4n) is 3.52. The lowest BCUT2D eigenvalue weighted by Crippen LogP contribution is -1.98. The van der Waals surface area contributed by atoms with Crippen molar-refractivity contribution >= 4 is 50.2 Å². The maximum atomic E-state index is 10.9. The molecule has 30 heavy (non-hydrogen) atoms. The highest BCUT2D eigenvalue weighted by molar-refractivity contribution is 7.14. The molecular weight excluding hydrogens is 398 g/mol. The molecule has 0 unspecified atom stereocenters. The van der Waals surface area contributed by atoms with Crippen LogP contribution in [0.2, 0.25) is 0 Å². The molecule has 0 aliphatic rings. The summed E-state index contributed by atoms with van der Waals surface area (Å²) >= 11 is 1.40. The van der Waals surface area contributed by atoms with Crippen molar-refractivity contribution < 1.29 is 4.92 Å². The predicted octanol–water partition coefficient (Wildman–Crippen LogP) is 5.35. The van der Waals surface area contributed by atoms with E-state index in [9.17, 15) is 10.1 Å². The first kappa shape index (κ1) is 18.1. The Balaban J connectivity index is 1.44. The summed E-state index contributed by atoms with van der Waals surface area (Å²) in [6, 6.07) is 23.0. The minimum atomic E-state index is -0.424. The number of aliphatic imine (C=N–C) groups is 1. The van der Waals surface area contributed by atoms with E-state index in [-0.39, 0.29) is 5.69 Å². The van der Waals surface area contributed by atoms with Gasteiger partial charge in [0.15, 0.2) is 0 Å². The molecule has 0 spiro atoms. The maximum Gasteiger partial charge on any atom is 0.270 e. The summed E-state index contributed by atoms with van der Waals surface area (Å²) in [7, 11) is 0. The zero-order chi connectivity index (χ0) is 20.5. The van der Waals surface area contributed by atoms with Crippen LogP contribution in [0, 0.1) is 10.1 Å². The van der Waals surface area contributed by atoms with Gasteiger partial charge in [0.1, 0.15) is 5.01 Å². The third-order valence-electron chi connectivity index (χ3n) is 4.83. The zero-order valence-corrected chi connectivity index (χ0v) is 16.5. The van der Waals surface area contributed by atoms with Crippen molar-refractivity contribution in [3.05, 3.63) is 93.5 Å². The van der Waals surface area contributed by atoms with E-state index >= 15 is 0 Å². The summed E-state index contributed by atoms with van der Waals surface area (Å²) in [5, 5.41) is 23.1. The smallest absolute Gasteiger partial charge is 0.270 e. The Morgan fingerprint density at radius 2 is 1.67 bits per heavy atom. The minimum Gasteiger partial charge on any atom is -0.333 e. The lowest BCUT2D eigenvalue weighted by molar-refractivity contribution is -0.384. The monoisotopic (exact) mass is 413 g/mol. The Hall–Kier alpha value is -3.91. The molecule has 7 nitrogen and oxygen atoms in total. The number of non-ortho nitro benzene ring substituents is 1. The van der Waals surface area contributed by atoms with Crippen molar-refractivity contribution in [2.45, 2.75) is 6.54 Å². The standard InChI is InChI=1S/C22H15N5O2S/c28-27(29)16-7-5-6-15(12-16)13-23-22-25-24-21(30-22)14-26-19-10-3-1-8-17(19)18-9-2-4-11-20(18)26/h1-13H,14H2/b23-13+. The van der Waals surface area contributed by atoms with E-state index in [1.165, 1.54) is 34.2 Å². The van der Waals surface area contributed by atoms with Crippen LogP contribution < -0.4 is 0 Å². The number of para-hydroxylation sites is 2. The van der Waals surface area contributed by atoms with Crippen molar-refractivity contribution in [1.29, 1.82) is 0 Å². The van der Waals surface area contributed by atoms with Crippen molar-refractivity contribution in [3.8, 4) is 0 Å². The van der Waals surface area contributed by atoms with E-state index in [0.29, 0.717) is 17.2 Å². The van der Waals surface area contributed by atoms with Crippen LogP contribution in [-0.4, -0.2) is 25.9 Å². The van der Waals surface area contributed by atoms with Crippen LogP contribution >= 0.6 is 11.3 Å².